The number of rotatable bonds is 4. The van der Waals surface area contributed by atoms with E-state index in [9.17, 15) is 26.3 Å². The van der Waals surface area contributed by atoms with Gasteiger partial charge in [0.05, 0.1) is 24.9 Å². The largest absolute Gasteiger partial charge is 0.490 e. The lowest BCUT2D eigenvalue weighted by atomic mass is 10.1. The molecule has 2 atom stereocenters. The van der Waals surface area contributed by atoms with Crippen LogP contribution in [0.25, 0.3) is 0 Å². The summed E-state index contributed by atoms with van der Waals surface area (Å²) in [6, 6.07) is 2.62. The molecule has 2 aromatic heterocycles. The number of carbonyl (C=O) groups is 2. The molecule has 2 saturated heterocycles. The second-order valence-corrected chi connectivity index (χ2v) is 7.67. The molecule has 200 valence electrons. The van der Waals surface area contributed by atoms with E-state index < -0.39 is 24.3 Å². The monoisotopic (exact) mass is 528 g/mol. The first kappa shape index (κ1) is 28.8. The number of piperazine rings is 1. The van der Waals surface area contributed by atoms with Crippen LogP contribution in [0.3, 0.4) is 0 Å². The van der Waals surface area contributed by atoms with Crippen molar-refractivity contribution < 1.29 is 55.3 Å². The summed E-state index contributed by atoms with van der Waals surface area (Å²) in [5.74, 6) is -4.75. The second-order valence-electron chi connectivity index (χ2n) is 7.67. The molecule has 4 heterocycles. The SMILES string of the molecule is O=C(O)C(F)(F)F.O=C(O)C(F)(F)F.c1ncc(OC2CC3CN(Cc4ccoc4)CCN3C2)cn1. The van der Waals surface area contributed by atoms with Crippen molar-refractivity contribution in [2.45, 2.75) is 37.5 Å². The minimum Gasteiger partial charge on any atom is -0.486 e. The number of alkyl halides is 6. The van der Waals surface area contributed by atoms with Crippen molar-refractivity contribution in [3.63, 3.8) is 0 Å². The maximum atomic E-state index is 10.6. The molecule has 0 saturated carbocycles. The summed E-state index contributed by atoms with van der Waals surface area (Å²) in [5.41, 5.74) is 1.25. The molecule has 0 amide bonds. The zero-order chi connectivity index (χ0) is 26.9. The zero-order valence-electron chi connectivity index (χ0n) is 18.4. The highest BCUT2D eigenvalue weighted by atomic mass is 19.4. The number of aromatic nitrogens is 2. The molecular weight excluding hydrogens is 506 g/mol. The van der Waals surface area contributed by atoms with Gasteiger partial charge in [-0.15, -0.1) is 0 Å². The van der Waals surface area contributed by atoms with Crippen molar-refractivity contribution in [1.82, 2.24) is 19.8 Å². The van der Waals surface area contributed by atoms with Crippen LogP contribution in [0.15, 0.2) is 41.7 Å². The van der Waals surface area contributed by atoms with Gasteiger partial charge in [0.25, 0.3) is 0 Å². The quantitative estimate of drug-likeness (QED) is 0.572. The fourth-order valence-electron chi connectivity index (χ4n) is 3.47. The summed E-state index contributed by atoms with van der Waals surface area (Å²) in [6.45, 7) is 5.27. The lowest BCUT2D eigenvalue weighted by molar-refractivity contribution is -0.193. The number of hydrogen-bond acceptors (Lipinski definition) is 8. The zero-order valence-corrected chi connectivity index (χ0v) is 18.4. The molecule has 2 aliphatic heterocycles. The number of furan rings is 1. The fraction of sp³-hybridized carbons (Fsp3) is 0.500. The van der Waals surface area contributed by atoms with Crippen LogP contribution in [0, 0.1) is 0 Å². The highest BCUT2D eigenvalue weighted by molar-refractivity contribution is 5.73. The minimum atomic E-state index is -5.08. The van der Waals surface area contributed by atoms with Crippen LogP contribution in [0.1, 0.15) is 12.0 Å². The molecule has 2 aliphatic rings. The summed E-state index contributed by atoms with van der Waals surface area (Å²) in [5, 5.41) is 14.2. The van der Waals surface area contributed by atoms with Crippen LogP contribution >= 0.6 is 0 Å². The van der Waals surface area contributed by atoms with Gasteiger partial charge >= 0.3 is 24.3 Å². The summed E-state index contributed by atoms with van der Waals surface area (Å²) in [4.78, 5) is 30.8. The van der Waals surface area contributed by atoms with E-state index in [2.05, 4.69) is 19.8 Å². The predicted octanol–water partition coefficient (Wildman–Crippen LogP) is 2.67. The van der Waals surface area contributed by atoms with Crippen LogP contribution < -0.4 is 4.74 Å². The number of carboxylic acid groups (broad SMARTS) is 2. The lowest BCUT2D eigenvalue weighted by Crippen LogP contribution is -2.49. The fourth-order valence-corrected chi connectivity index (χ4v) is 3.47. The molecule has 2 aromatic rings. The Morgan fingerprint density at radius 1 is 1.03 bits per heavy atom. The third kappa shape index (κ3) is 9.69. The first-order chi connectivity index (χ1) is 16.8. The van der Waals surface area contributed by atoms with E-state index in [1.54, 1.807) is 18.7 Å². The first-order valence-electron chi connectivity index (χ1n) is 10.2. The number of aliphatic carboxylic acids is 2. The Balaban J connectivity index is 0.000000271. The van der Waals surface area contributed by atoms with Gasteiger partial charge in [0, 0.05) is 50.7 Å². The third-order valence-electron chi connectivity index (χ3n) is 4.97. The Morgan fingerprint density at radius 3 is 2.11 bits per heavy atom. The van der Waals surface area contributed by atoms with Crippen molar-refractivity contribution in [2.24, 2.45) is 0 Å². The smallest absolute Gasteiger partial charge is 0.486 e. The van der Waals surface area contributed by atoms with E-state index >= 15 is 0 Å². The topological polar surface area (TPSA) is 129 Å². The van der Waals surface area contributed by atoms with E-state index in [1.165, 1.54) is 11.9 Å². The van der Waals surface area contributed by atoms with Gasteiger partial charge in [0.15, 0.2) is 5.75 Å². The van der Waals surface area contributed by atoms with Crippen LogP contribution in [0.5, 0.6) is 5.75 Å². The molecule has 16 heteroatoms. The summed E-state index contributed by atoms with van der Waals surface area (Å²) in [7, 11) is 0. The van der Waals surface area contributed by atoms with Gasteiger partial charge in [-0.05, 0) is 6.07 Å². The van der Waals surface area contributed by atoms with Gasteiger partial charge in [0.1, 0.15) is 12.4 Å². The van der Waals surface area contributed by atoms with Gasteiger partial charge in [-0.3, -0.25) is 9.80 Å². The van der Waals surface area contributed by atoms with Gasteiger partial charge < -0.3 is 19.4 Å². The van der Waals surface area contributed by atoms with E-state index in [4.69, 9.17) is 29.0 Å². The normalized spacial score (nSPS) is 20.3. The molecular formula is C20H22F6N4O6. The average molecular weight is 528 g/mol. The summed E-state index contributed by atoms with van der Waals surface area (Å²) >= 11 is 0. The Labute approximate surface area is 200 Å². The van der Waals surface area contributed by atoms with Gasteiger partial charge in [-0.25, -0.2) is 19.6 Å². The number of fused-ring (bicyclic) bond motifs is 1. The van der Waals surface area contributed by atoms with Crippen molar-refractivity contribution >= 4 is 11.9 Å². The first-order valence-corrected chi connectivity index (χ1v) is 10.2. The highest BCUT2D eigenvalue weighted by Crippen LogP contribution is 2.26. The summed E-state index contributed by atoms with van der Waals surface area (Å²) in [6.07, 6.45) is -0.291. The number of hydrogen-bond donors (Lipinski definition) is 2. The Bertz CT molecular complexity index is 934. The van der Waals surface area contributed by atoms with Crippen LogP contribution in [0.4, 0.5) is 26.3 Å². The Hall–Kier alpha value is -3.40. The lowest BCUT2D eigenvalue weighted by Gasteiger charge is -2.36. The number of nitrogens with zero attached hydrogens (tertiary/aromatic N) is 4. The molecule has 2 unspecified atom stereocenters. The molecule has 36 heavy (non-hydrogen) atoms. The molecule has 10 nitrogen and oxygen atoms in total. The van der Waals surface area contributed by atoms with Crippen LogP contribution in [-0.2, 0) is 16.1 Å². The maximum absolute atomic E-state index is 10.6. The predicted molar refractivity (Wildman–Crippen MR) is 108 cm³/mol. The van der Waals surface area contributed by atoms with E-state index in [0.717, 1.165) is 44.9 Å². The molecule has 0 aromatic carbocycles. The Morgan fingerprint density at radius 2 is 1.61 bits per heavy atom. The van der Waals surface area contributed by atoms with E-state index in [0.29, 0.717) is 6.04 Å². The van der Waals surface area contributed by atoms with E-state index in [-0.39, 0.29) is 6.10 Å². The molecule has 0 spiro atoms. The van der Waals surface area contributed by atoms with Crippen molar-refractivity contribution in [3.05, 3.63) is 42.9 Å². The standard InChI is InChI=1S/C16H20N4O2.2C2HF3O2/c1-4-21-11-13(1)8-19-2-3-20-10-15(5-14(20)9-19)22-16-6-17-12-18-7-16;2*3-2(4,5)1(6)7/h1,4,6-7,11-12,14-15H,2-3,5,8-10H2;2*(H,6,7). The van der Waals surface area contributed by atoms with Crippen molar-refractivity contribution in [2.75, 3.05) is 26.2 Å². The minimum absolute atomic E-state index is 0.241. The molecule has 0 radical (unpaired) electrons. The van der Waals surface area contributed by atoms with E-state index in [1.807, 2.05) is 12.3 Å². The molecule has 2 fully saturated rings. The molecule has 4 rings (SSSR count). The number of carboxylic acids is 2. The highest BCUT2D eigenvalue weighted by Gasteiger charge is 2.39. The number of halogens is 6. The maximum Gasteiger partial charge on any atom is 0.490 e. The van der Waals surface area contributed by atoms with Gasteiger partial charge in [-0.1, -0.05) is 0 Å². The Kier molecular flexibility index (Phi) is 10.0. The average Bonchev–Trinajstić information content (AvgIpc) is 3.43. The molecule has 0 aliphatic carbocycles. The van der Waals surface area contributed by atoms with Crippen LogP contribution in [-0.4, -0.2) is 92.6 Å². The van der Waals surface area contributed by atoms with Crippen molar-refractivity contribution in [1.29, 1.82) is 0 Å². The number of ether oxygens (including phenoxy) is 1. The van der Waals surface area contributed by atoms with Crippen LogP contribution in [0.2, 0.25) is 0 Å². The molecule has 0 bridgehead atoms. The second kappa shape index (κ2) is 12.5. The summed E-state index contributed by atoms with van der Waals surface area (Å²) < 4.78 is 74.6. The molecule has 2 N–H and O–H groups in total. The van der Waals surface area contributed by atoms with Gasteiger partial charge in [0.2, 0.25) is 0 Å². The van der Waals surface area contributed by atoms with Crippen molar-refractivity contribution in [3.8, 4) is 5.75 Å². The van der Waals surface area contributed by atoms with Gasteiger partial charge in [-0.2, -0.15) is 26.3 Å². The third-order valence-corrected chi connectivity index (χ3v) is 4.97.